The van der Waals surface area contributed by atoms with Crippen LogP contribution in [0.4, 0.5) is 0 Å². The Kier molecular flexibility index (Phi) is 5.81. The molecule has 20 heavy (non-hydrogen) atoms. The maximum atomic E-state index is 12.1. The number of amides is 1. The van der Waals surface area contributed by atoms with Crippen LogP contribution < -0.4 is 5.32 Å². The first-order chi connectivity index (χ1) is 9.72. The molecule has 0 radical (unpaired) electrons. The highest BCUT2D eigenvalue weighted by Gasteiger charge is 2.45. The predicted molar refractivity (Wildman–Crippen MR) is 79.6 cm³/mol. The highest BCUT2D eigenvalue weighted by atomic mass is 16.3. The van der Waals surface area contributed by atoms with Crippen molar-refractivity contribution in [1.82, 2.24) is 15.1 Å². The predicted octanol–water partition coefficient (Wildman–Crippen LogP) is 0.432. The number of carbonyl (C=O) groups excluding carboxylic acids is 1. The number of hydrogen-bond acceptors (Lipinski definition) is 4. The van der Waals surface area contributed by atoms with Gasteiger partial charge in [-0.1, -0.05) is 13.3 Å². The topological polar surface area (TPSA) is 55.8 Å². The van der Waals surface area contributed by atoms with Gasteiger partial charge < -0.3 is 15.3 Å². The van der Waals surface area contributed by atoms with Crippen LogP contribution in [-0.4, -0.2) is 72.2 Å². The van der Waals surface area contributed by atoms with Crippen LogP contribution in [0.2, 0.25) is 0 Å². The van der Waals surface area contributed by atoms with Crippen LogP contribution >= 0.6 is 0 Å². The Labute approximate surface area is 122 Å². The van der Waals surface area contributed by atoms with E-state index in [1.165, 1.54) is 0 Å². The molecule has 2 fully saturated rings. The molecule has 0 aromatic carbocycles. The molecule has 2 aliphatic rings. The fraction of sp³-hybridized carbons (Fsp3) is 0.933. The third-order valence-corrected chi connectivity index (χ3v) is 4.82. The summed E-state index contributed by atoms with van der Waals surface area (Å²) < 4.78 is 0. The number of fused-ring (bicyclic) bond motifs is 1. The molecule has 2 N–H and O–H groups in total. The van der Waals surface area contributed by atoms with E-state index in [2.05, 4.69) is 22.0 Å². The highest BCUT2D eigenvalue weighted by molar-refractivity contribution is 5.79. The van der Waals surface area contributed by atoms with Crippen LogP contribution in [0.15, 0.2) is 0 Å². The molecule has 2 rings (SSSR count). The van der Waals surface area contributed by atoms with E-state index in [9.17, 15) is 9.90 Å². The number of likely N-dealkylation sites (N-methyl/N-ethyl adjacent to an activating group) is 1. The van der Waals surface area contributed by atoms with E-state index in [-0.39, 0.29) is 12.5 Å². The van der Waals surface area contributed by atoms with Crippen molar-refractivity contribution in [3.63, 3.8) is 0 Å². The van der Waals surface area contributed by atoms with Crippen molar-refractivity contribution in [3.05, 3.63) is 0 Å². The second-order valence-electron chi connectivity index (χ2n) is 6.02. The van der Waals surface area contributed by atoms with Crippen molar-refractivity contribution in [3.8, 4) is 0 Å². The quantitative estimate of drug-likeness (QED) is 0.711. The van der Waals surface area contributed by atoms with Gasteiger partial charge in [-0.15, -0.1) is 0 Å². The first-order valence-corrected chi connectivity index (χ1v) is 8.03. The van der Waals surface area contributed by atoms with Gasteiger partial charge >= 0.3 is 0 Å². The van der Waals surface area contributed by atoms with E-state index in [1.807, 2.05) is 7.05 Å². The first-order valence-electron chi connectivity index (χ1n) is 8.03. The monoisotopic (exact) mass is 283 g/mol. The fourth-order valence-corrected chi connectivity index (χ4v) is 3.99. The molecule has 5 nitrogen and oxygen atoms in total. The summed E-state index contributed by atoms with van der Waals surface area (Å²) >= 11 is 0. The Balaban J connectivity index is 1.99. The van der Waals surface area contributed by atoms with Gasteiger partial charge in [-0.2, -0.15) is 0 Å². The van der Waals surface area contributed by atoms with Gasteiger partial charge in [-0.05, 0) is 32.7 Å². The average molecular weight is 283 g/mol. The molecule has 2 aliphatic heterocycles. The maximum absolute atomic E-state index is 12.1. The summed E-state index contributed by atoms with van der Waals surface area (Å²) in [5, 5.41) is 12.2. The zero-order chi connectivity index (χ0) is 14.5. The van der Waals surface area contributed by atoms with Crippen LogP contribution in [0.1, 0.15) is 39.0 Å². The minimum absolute atomic E-state index is 0.232. The van der Waals surface area contributed by atoms with Crippen molar-refractivity contribution in [2.75, 3.05) is 33.3 Å². The van der Waals surface area contributed by atoms with E-state index in [1.54, 1.807) is 0 Å². The fourth-order valence-electron chi connectivity index (χ4n) is 3.99. The number of rotatable bonds is 7. The summed E-state index contributed by atoms with van der Waals surface area (Å²) in [6, 6.07) is 1.40. The SMILES string of the molecule is CCCC(CCO)N1CCC2C1CCN2C(=O)CNC. The Morgan fingerprint density at radius 2 is 2.05 bits per heavy atom. The third-order valence-electron chi connectivity index (χ3n) is 4.82. The molecule has 2 saturated heterocycles. The molecule has 116 valence electrons. The van der Waals surface area contributed by atoms with Crippen molar-refractivity contribution in [2.24, 2.45) is 0 Å². The highest BCUT2D eigenvalue weighted by Crippen LogP contribution is 2.34. The van der Waals surface area contributed by atoms with Crippen LogP contribution in [0.3, 0.4) is 0 Å². The molecule has 0 spiro atoms. The second kappa shape index (κ2) is 7.38. The second-order valence-corrected chi connectivity index (χ2v) is 6.02. The third kappa shape index (κ3) is 3.15. The van der Waals surface area contributed by atoms with E-state index in [0.29, 0.717) is 24.7 Å². The van der Waals surface area contributed by atoms with E-state index < -0.39 is 0 Å². The van der Waals surface area contributed by atoms with Gasteiger partial charge in [0.05, 0.1) is 6.54 Å². The standard InChI is InChI=1S/C15H29N3O2/c1-3-4-12(7-10-19)17-8-5-14-13(17)6-9-18(14)15(20)11-16-2/h12-14,16,19H,3-11H2,1-2H3. The number of likely N-dealkylation sites (tertiary alicyclic amines) is 2. The van der Waals surface area contributed by atoms with E-state index in [0.717, 1.165) is 45.2 Å². The first kappa shape index (κ1) is 15.7. The minimum atomic E-state index is 0.232. The zero-order valence-electron chi connectivity index (χ0n) is 12.8. The summed E-state index contributed by atoms with van der Waals surface area (Å²) in [5.74, 6) is 0.232. The molecule has 2 heterocycles. The van der Waals surface area contributed by atoms with Gasteiger partial charge in [0.15, 0.2) is 0 Å². The van der Waals surface area contributed by atoms with Crippen molar-refractivity contribution >= 4 is 5.91 Å². The zero-order valence-corrected chi connectivity index (χ0v) is 12.8. The summed E-state index contributed by atoms with van der Waals surface area (Å²) in [7, 11) is 1.82. The Bertz CT molecular complexity index is 318. The van der Waals surface area contributed by atoms with Crippen LogP contribution in [-0.2, 0) is 4.79 Å². The largest absolute Gasteiger partial charge is 0.396 e. The summed E-state index contributed by atoms with van der Waals surface area (Å²) in [4.78, 5) is 16.8. The number of aliphatic hydroxyl groups excluding tert-OH is 1. The molecule has 0 saturated carbocycles. The van der Waals surface area contributed by atoms with Crippen LogP contribution in [0.25, 0.3) is 0 Å². The van der Waals surface area contributed by atoms with Crippen molar-refractivity contribution in [2.45, 2.75) is 57.2 Å². The lowest BCUT2D eigenvalue weighted by Gasteiger charge is -2.32. The molecule has 3 atom stereocenters. The number of aliphatic hydroxyl groups is 1. The summed E-state index contributed by atoms with van der Waals surface area (Å²) in [6.45, 7) is 4.88. The lowest BCUT2D eigenvalue weighted by atomic mass is 10.0. The number of carbonyl (C=O) groups is 1. The van der Waals surface area contributed by atoms with Crippen LogP contribution in [0.5, 0.6) is 0 Å². The van der Waals surface area contributed by atoms with Gasteiger partial charge in [-0.25, -0.2) is 0 Å². The van der Waals surface area contributed by atoms with Gasteiger partial charge in [0.25, 0.3) is 0 Å². The molecular formula is C15H29N3O2. The molecule has 1 amide bonds. The molecular weight excluding hydrogens is 254 g/mol. The smallest absolute Gasteiger partial charge is 0.236 e. The molecule has 0 aromatic heterocycles. The van der Waals surface area contributed by atoms with E-state index >= 15 is 0 Å². The molecule has 0 bridgehead atoms. The lowest BCUT2D eigenvalue weighted by Crippen LogP contribution is -2.45. The Hall–Kier alpha value is -0.650. The normalized spacial score (nSPS) is 27.9. The number of nitrogens with zero attached hydrogens (tertiary/aromatic N) is 2. The summed E-state index contributed by atoms with van der Waals surface area (Å²) in [5.41, 5.74) is 0. The van der Waals surface area contributed by atoms with Crippen LogP contribution in [0, 0.1) is 0 Å². The summed E-state index contributed by atoms with van der Waals surface area (Å²) in [6.07, 6.45) is 5.34. The van der Waals surface area contributed by atoms with Crippen molar-refractivity contribution in [1.29, 1.82) is 0 Å². The maximum Gasteiger partial charge on any atom is 0.236 e. The molecule has 0 aromatic rings. The number of hydrogen-bond donors (Lipinski definition) is 2. The van der Waals surface area contributed by atoms with Crippen molar-refractivity contribution < 1.29 is 9.90 Å². The number of nitrogens with one attached hydrogen (secondary N) is 1. The molecule has 0 aliphatic carbocycles. The lowest BCUT2D eigenvalue weighted by molar-refractivity contribution is -0.131. The molecule has 5 heteroatoms. The van der Waals surface area contributed by atoms with Gasteiger partial charge in [0.1, 0.15) is 0 Å². The Morgan fingerprint density at radius 3 is 2.70 bits per heavy atom. The van der Waals surface area contributed by atoms with Gasteiger partial charge in [0.2, 0.25) is 5.91 Å². The average Bonchev–Trinajstić information content (AvgIpc) is 2.99. The minimum Gasteiger partial charge on any atom is -0.396 e. The van der Waals surface area contributed by atoms with Gasteiger partial charge in [0, 0.05) is 37.8 Å². The Morgan fingerprint density at radius 1 is 1.30 bits per heavy atom. The van der Waals surface area contributed by atoms with E-state index in [4.69, 9.17) is 0 Å². The van der Waals surface area contributed by atoms with Gasteiger partial charge in [-0.3, -0.25) is 9.69 Å². The molecule has 3 unspecified atom stereocenters.